The zero-order valence-electron chi connectivity index (χ0n) is 16.7. The molecule has 8 heteroatoms. The molecule has 8 nitrogen and oxygen atoms in total. The highest BCUT2D eigenvalue weighted by Crippen LogP contribution is 2.23. The first kappa shape index (κ1) is 20.7. The molecule has 0 bridgehead atoms. The number of methoxy groups -OCH3 is 3. The number of hydrogen-bond acceptors (Lipinski definition) is 7. The van der Waals surface area contributed by atoms with Crippen LogP contribution < -0.4 is 14.9 Å². The van der Waals surface area contributed by atoms with Crippen molar-refractivity contribution >= 4 is 18.1 Å². The van der Waals surface area contributed by atoms with E-state index in [0.29, 0.717) is 34.1 Å². The van der Waals surface area contributed by atoms with Crippen molar-refractivity contribution in [2.24, 2.45) is 5.10 Å². The van der Waals surface area contributed by atoms with E-state index in [-0.39, 0.29) is 0 Å². The molecule has 2 aromatic carbocycles. The molecule has 1 heterocycles. The van der Waals surface area contributed by atoms with Gasteiger partial charge in [0.1, 0.15) is 23.0 Å². The molecule has 0 unspecified atom stereocenters. The van der Waals surface area contributed by atoms with Gasteiger partial charge in [0.15, 0.2) is 0 Å². The van der Waals surface area contributed by atoms with Crippen molar-refractivity contribution in [3.63, 3.8) is 0 Å². The third-order valence-corrected chi connectivity index (χ3v) is 4.19. The van der Waals surface area contributed by atoms with E-state index in [1.165, 1.54) is 27.5 Å². The lowest BCUT2D eigenvalue weighted by molar-refractivity contribution is 0.0600. The molecule has 1 amide bonds. The van der Waals surface area contributed by atoms with Crippen molar-refractivity contribution in [1.82, 2.24) is 5.43 Å². The van der Waals surface area contributed by atoms with Gasteiger partial charge < -0.3 is 18.6 Å². The fourth-order valence-electron chi connectivity index (χ4n) is 2.62. The molecule has 1 N–H and O–H groups in total. The first-order chi connectivity index (χ1) is 14.5. The number of carbonyl (C=O) groups is 2. The van der Waals surface area contributed by atoms with Crippen LogP contribution in [-0.4, -0.2) is 39.4 Å². The number of nitrogens with one attached hydrogen (secondary N) is 1. The van der Waals surface area contributed by atoms with Crippen molar-refractivity contribution in [1.29, 1.82) is 0 Å². The fraction of sp³-hybridized carbons (Fsp3) is 0.136. The second-order valence-electron chi connectivity index (χ2n) is 6.07. The van der Waals surface area contributed by atoms with E-state index in [0.717, 1.165) is 5.56 Å². The number of benzene rings is 2. The van der Waals surface area contributed by atoms with Gasteiger partial charge in [0, 0.05) is 17.2 Å². The molecule has 3 rings (SSSR count). The maximum atomic E-state index is 12.3. The van der Waals surface area contributed by atoms with Gasteiger partial charge in [-0.15, -0.1) is 0 Å². The Labute approximate surface area is 173 Å². The SMILES string of the molecule is COC(=O)c1ccc(-c2ccc(C=NNC(=O)c3cc(OC)cc(OC)c3)o2)cc1. The van der Waals surface area contributed by atoms with Gasteiger partial charge in [0.25, 0.3) is 5.91 Å². The average Bonchev–Trinajstić information content (AvgIpc) is 3.27. The summed E-state index contributed by atoms with van der Waals surface area (Å²) in [4.78, 5) is 23.8. The molecule has 1 aromatic heterocycles. The number of nitrogens with zero attached hydrogens (tertiary/aromatic N) is 1. The molecule has 154 valence electrons. The summed E-state index contributed by atoms with van der Waals surface area (Å²) in [5.41, 5.74) is 4.01. The second-order valence-corrected chi connectivity index (χ2v) is 6.07. The van der Waals surface area contributed by atoms with Crippen LogP contribution in [0, 0.1) is 0 Å². The number of furan rings is 1. The van der Waals surface area contributed by atoms with E-state index in [9.17, 15) is 9.59 Å². The molecule has 0 fully saturated rings. The number of hydrogen-bond donors (Lipinski definition) is 1. The number of carbonyl (C=O) groups excluding carboxylic acids is 2. The summed E-state index contributed by atoms with van der Waals surface area (Å²) >= 11 is 0. The van der Waals surface area contributed by atoms with Gasteiger partial charge in [0.05, 0.1) is 33.1 Å². The van der Waals surface area contributed by atoms with Crippen LogP contribution in [0.1, 0.15) is 26.5 Å². The Hall–Kier alpha value is -4.07. The Bertz CT molecular complexity index is 1050. The molecule has 0 aliphatic carbocycles. The van der Waals surface area contributed by atoms with E-state index in [1.54, 1.807) is 54.6 Å². The topological polar surface area (TPSA) is 99.4 Å². The standard InChI is InChI=1S/C22H20N2O6/c1-27-18-10-16(11-19(12-18)28-2)21(25)24-23-13-17-8-9-20(30-17)14-4-6-15(7-5-14)22(26)29-3/h4-13H,1-3H3,(H,24,25). The molecule has 0 aliphatic rings. The van der Waals surface area contributed by atoms with Gasteiger partial charge in [-0.05, 0) is 36.4 Å². The molecule has 0 saturated carbocycles. The number of rotatable bonds is 7. The van der Waals surface area contributed by atoms with E-state index >= 15 is 0 Å². The summed E-state index contributed by atoms with van der Waals surface area (Å²) in [6.45, 7) is 0. The van der Waals surface area contributed by atoms with Crippen LogP contribution in [0.2, 0.25) is 0 Å². The van der Waals surface area contributed by atoms with Crippen molar-refractivity contribution in [2.75, 3.05) is 21.3 Å². The van der Waals surface area contributed by atoms with Crippen LogP contribution in [0.15, 0.2) is 64.1 Å². The van der Waals surface area contributed by atoms with Gasteiger partial charge >= 0.3 is 5.97 Å². The number of hydrazone groups is 1. The molecular formula is C22H20N2O6. The summed E-state index contributed by atoms with van der Waals surface area (Å²) in [5.74, 6) is 1.21. The highest BCUT2D eigenvalue weighted by atomic mass is 16.5. The lowest BCUT2D eigenvalue weighted by Crippen LogP contribution is -2.17. The van der Waals surface area contributed by atoms with Crippen LogP contribution in [-0.2, 0) is 4.74 Å². The van der Waals surface area contributed by atoms with Crippen LogP contribution >= 0.6 is 0 Å². The third-order valence-electron chi connectivity index (χ3n) is 4.19. The normalized spacial score (nSPS) is 10.6. The van der Waals surface area contributed by atoms with Crippen molar-refractivity contribution in [2.45, 2.75) is 0 Å². The maximum absolute atomic E-state index is 12.3. The average molecular weight is 408 g/mol. The highest BCUT2D eigenvalue weighted by molar-refractivity contribution is 5.95. The smallest absolute Gasteiger partial charge is 0.337 e. The summed E-state index contributed by atoms with van der Waals surface area (Å²) in [5, 5.41) is 3.92. The van der Waals surface area contributed by atoms with Gasteiger partial charge in [-0.3, -0.25) is 4.79 Å². The minimum Gasteiger partial charge on any atom is -0.497 e. The predicted molar refractivity (Wildman–Crippen MR) is 110 cm³/mol. The molecular weight excluding hydrogens is 388 g/mol. The summed E-state index contributed by atoms with van der Waals surface area (Å²) < 4.78 is 20.7. The highest BCUT2D eigenvalue weighted by Gasteiger charge is 2.10. The minimum absolute atomic E-state index is 0.342. The van der Waals surface area contributed by atoms with Crippen molar-refractivity contribution < 1.29 is 28.2 Å². The molecule has 3 aromatic rings. The third kappa shape index (κ3) is 4.85. The van der Waals surface area contributed by atoms with Gasteiger partial charge in [0.2, 0.25) is 0 Å². The van der Waals surface area contributed by atoms with Crippen LogP contribution in [0.5, 0.6) is 11.5 Å². The van der Waals surface area contributed by atoms with Gasteiger partial charge in [-0.25, -0.2) is 10.2 Å². The summed E-state index contributed by atoms with van der Waals surface area (Å²) in [7, 11) is 4.34. The van der Waals surface area contributed by atoms with E-state index in [1.807, 2.05) is 0 Å². The fourth-order valence-corrected chi connectivity index (χ4v) is 2.62. The number of amides is 1. The van der Waals surface area contributed by atoms with Crippen LogP contribution in [0.3, 0.4) is 0 Å². The van der Waals surface area contributed by atoms with Crippen LogP contribution in [0.4, 0.5) is 0 Å². The maximum Gasteiger partial charge on any atom is 0.337 e. The van der Waals surface area contributed by atoms with Gasteiger partial charge in [-0.1, -0.05) is 12.1 Å². The first-order valence-corrected chi connectivity index (χ1v) is 8.89. The Morgan fingerprint density at radius 3 is 2.17 bits per heavy atom. The quantitative estimate of drug-likeness (QED) is 0.365. The largest absolute Gasteiger partial charge is 0.497 e. The van der Waals surface area contributed by atoms with E-state index in [4.69, 9.17) is 13.9 Å². The van der Waals surface area contributed by atoms with E-state index < -0.39 is 11.9 Å². The molecule has 0 radical (unpaired) electrons. The van der Waals surface area contributed by atoms with Crippen LogP contribution in [0.25, 0.3) is 11.3 Å². The van der Waals surface area contributed by atoms with Crippen molar-refractivity contribution in [3.8, 4) is 22.8 Å². The van der Waals surface area contributed by atoms with E-state index in [2.05, 4.69) is 15.3 Å². The Kier molecular flexibility index (Phi) is 6.49. The Balaban J connectivity index is 1.66. The number of esters is 1. The molecule has 0 aliphatic heterocycles. The minimum atomic E-state index is -0.423. The zero-order chi connectivity index (χ0) is 21.5. The predicted octanol–water partition coefficient (Wildman–Crippen LogP) is 3.51. The summed E-state index contributed by atoms with van der Waals surface area (Å²) in [6, 6.07) is 15.1. The molecule has 0 atom stereocenters. The second kappa shape index (κ2) is 9.42. The molecule has 0 saturated heterocycles. The molecule has 30 heavy (non-hydrogen) atoms. The Morgan fingerprint density at radius 1 is 0.900 bits per heavy atom. The monoisotopic (exact) mass is 408 g/mol. The zero-order valence-corrected chi connectivity index (χ0v) is 16.7. The van der Waals surface area contributed by atoms with Crippen molar-refractivity contribution in [3.05, 3.63) is 71.5 Å². The lowest BCUT2D eigenvalue weighted by atomic mass is 10.1. The first-order valence-electron chi connectivity index (χ1n) is 8.89. The lowest BCUT2D eigenvalue weighted by Gasteiger charge is -2.07. The number of ether oxygens (including phenoxy) is 3. The van der Waals surface area contributed by atoms with Gasteiger partial charge in [-0.2, -0.15) is 5.10 Å². The summed E-state index contributed by atoms with van der Waals surface area (Å²) in [6.07, 6.45) is 1.39. The Morgan fingerprint density at radius 2 is 1.57 bits per heavy atom. The molecule has 0 spiro atoms.